The first-order valence-electron chi connectivity index (χ1n) is 13.3. The molecule has 2 unspecified atom stereocenters. The van der Waals surface area contributed by atoms with Crippen LogP contribution in [0.5, 0.6) is 0 Å². The van der Waals surface area contributed by atoms with E-state index >= 15 is 0 Å². The molecule has 0 spiro atoms. The van der Waals surface area contributed by atoms with Crippen LogP contribution in [0.1, 0.15) is 138 Å². The Morgan fingerprint density at radius 1 is 0.536 bits per heavy atom. The van der Waals surface area contributed by atoms with Crippen molar-refractivity contribution in [1.82, 2.24) is 4.90 Å². The summed E-state index contributed by atoms with van der Waals surface area (Å²) in [5.74, 6) is 2.72. The highest BCUT2D eigenvalue weighted by atomic mass is 15.1. The first-order valence-corrected chi connectivity index (χ1v) is 13.3. The number of hydrogen-bond acceptors (Lipinski definition) is 1. The van der Waals surface area contributed by atoms with E-state index in [9.17, 15) is 0 Å². The van der Waals surface area contributed by atoms with Crippen molar-refractivity contribution in [1.29, 1.82) is 0 Å². The smallest absolute Gasteiger partial charge is 0.000977 e. The van der Waals surface area contributed by atoms with E-state index in [1.807, 2.05) is 0 Å². The fourth-order valence-corrected chi connectivity index (χ4v) is 4.56. The van der Waals surface area contributed by atoms with Crippen molar-refractivity contribution in [2.24, 2.45) is 17.8 Å². The lowest BCUT2D eigenvalue weighted by Crippen LogP contribution is -2.35. The van der Waals surface area contributed by atoms with Crippen molar-refractivity contribution >= 4 is 0 Å². The molecular weight excluding hydrogens is 338 g/mol. The molecule has 0 aromatic rings. The Morgan fingerprint density at radius 3 is 1.75 bits per heavy atom. The SMILES string of the molecule is CCCCCC(CCC)CN(CCCCCCC(C)C)CC(CC)CCCC. The van der Waals surface area contributed by atoms with Crippen LogP contribution in [0, 0.1) is 17.8 Å². The highest BCUT2D eigenvalue weighted by Gasteiger charge is 2.17. The van der Waals surface area contributed by atoms with Crippen molar-refractivity contribution < 1.29 is 0 Å². The number of unbranched alkanes of at least 4 members (excludes halogenated alkanes) is 6. The van der Waals surface area contributed by atoms with Gasteiger partial charge in [0, 0.05) is 13.1 Å². The largest absolute Gasteiger partial charge is 0.303 e. The topological polar surface area (TPSA) is 3.24 Å². The number of nitrogens with zero attached hydrogens (tertiary/aromatic N) is 1. The molecule has 0 aliphatic heterocycles. The monoisotopic (exact) mass is 395 g/mol. The van der Waals surface area contributed by atoms with E-state index in [0.717, 1.165) is 17.8 Å². The summed E-state index contributed by atoms with van der Waals surface area (Å²) in [6, 6.07) is 0. The molecule has 2 atom stereocenters. The van der Waals surface area contributed by atoms with Crippen molar-refractivity contribution in [2.75, 3.05) is 19.6 Å². The molecule has 0 aliphatic rings. The van der Waals surface area contributed by atoms with E-state index in [-0.39, 0.29) is 0 Å². The molecule has 0 rings (SSSR count). The molecule has 0 aromatic heterocycles. The standard InChI is InChI=1S/C27H57N/c1-7-11-15-21-27(18-9-3)24-28(23-26(10-4)20-12-8-2)22-17-14-13-16-19-25(5)6/h25-27H,7-24H2,1-6H3. The Labute approximate surface area is 180 Å². The Balaban J connectivity index is 4.56. The molecule has 1 nitrogen and oxygen atoms in total. The Morgan fingerprint density at radius 2 is 1.14 bits per heavy atom. The van der Waals surface area contributed by atoms with Gasteiger partial charge in [-0.2, -0.15) is 0 Å². The quantitative estimate of drug-likeness (QED) is 0.175. The van der Waals surface area contributed by atoms with Gasteiger partial charge in [-0.15, -0.1) is 0 Å². The molecule has 28 heavy (non-hydrogen) atoms. The van der Waals surface area contributed by atoms with Crippen LogP contribution in [0.4, 0.5) is 0 Å². The first kappa shape index (κ1) is 28.0. The summed E-state index contributed by atoms with van der Waals surface area (Å²) in [5.41, 5.74) is 0. The fraction of sp³-hybridized carbons (Fsp3) is 1.00. The zero-order chi connectivity index (χ0) is 21.0. The minimum atomic E-state index is 0.873. The summed E-state index contributed by atoms with van der Waals surface area (Å²) in [6.07, 6.45) is 21.1. The third-order valence-electron chi connectivity index (χ3n) is 6.49. The fourth-order valence-electron chi connectivity index (χ4n) is 4.56. The van der Waals surface area contributed by atoms with Crippen LogP contribution >= 0.6 is 0 Å². The van der Waals surface area contributed by atoms with Crippen molar-refractivity contribution in [2.45, 2.75) is 138 Å². The summed E-state index contributed by atoms with van der Waals surface area (Å²) in [4.78, 5) is 2.89. The maximum absolute atomic E-state index is 2.89. The molecule has 0 fully saturated rings. The lowest BCUT2D eigenvalue weighted by Gasteiger charge is -2.31. The van der Waals surface area contributed by atoms with Crippen LogP contribution in [-0.2, 0) is 0 Å². The molecule has 0 bridgehead atoms. The van der Waals surface area contributed by atoms with Gasteiger partial charge in [-0.3, -0.25) is 0 Å². The van der Waals surface area contributed by atoms with Gasteiger partial charge < -0.3 is 4.90 Å². The minimum Gasteiger partial charge on any atom is -0.303 e. The van der Waals surface area contributed by atoms with Crippen LogP contribution in [0.3, 0.4) is 0 Å². The molecule has 0 aliphatic carbocycles. The van der Waals surface area contributed by atoms with Crippen molar-refractivity contribution in [3.05, 3.63) is 0 Å². The summed E-state index contributed by atoms with van der Waals surface area (Å²) in [6.45, 7) is 18.2. The summed E-state index contributed by atoms with van der Waals surface area (Å²) < 4.78 is 0. The maximum Gasteiger partial charge on any atom is 0.000977 e. The zero-order valence-corrected chi connectivity index (χ0v) is 20.9. The van der Waals surface area contributed by atoms with Gasteiger partial charge in [0.2, 0.25) is 0 Å². The van der Waals surface area contributed by atoms with E-state index in [0.29, 0.717) is 0 Å². The second-order valence-electron chi connectivity index (χ2n) is 9.92. The molecular formula is C27H57N. The van der Waals surface area contributed by atoms with Crippen molar-refractivity contribution in [3.63, 3.8) is 0 Å². The van der Waals surface area contributed by atoms with Gasteiger partial charge in [0.15, 0.2) is 0 Å². The average Bonchev–Trinajstić information content (AvgIpc) is 2.67. The lowest BCUT2D eigenvalue weighted by molar-refractivity contribution is 0.175. The number of rotatable bonds is 21. The second kappa shape index (κ2) is 20.2. The summed E-state index contributed by atoms with van der Waals surface area (Å²) in [5, 5.41) is 0. The first-order chi connectivity index (χ1) is 13.6. The predicted molar refractivity (Wildman–Crippen MR) is 130 cm³/mol. The van der Waals surface area contributed by atoms with Gasteiger partial charge in [-0.25, -0.2) is 0 Å². The van der Waals surface area contributed by atoms with Crippen LogP contribution < -0.4 is 0 Å². The molecule has 0 radical (unpaired) electrons. The van der Waals surface area contributed by atoms with Gasteiger partial charge in [0.25, 0.3) is 0 Å². The van der Waals surface area contributed by atoms with E-state index in [1.165, 1.54) is 116 Å². The van der Waals surface area contributed by atoms with Gasteiger partial charge in [0.05, 0.1) is 0 Å². The Bertz CT molecular complexity index is 299. The van der Waals surface area contributed by atoms with Crippen molar-refractivity contribution in [3.8, 4) is 0 Å². The molecule has 170 valence electrons. The highest BCUT2D eigenvalue weighted by Crippen LogP contribution is 2.21. The molecule has 0 N–H and O–H groups in total. The van der Waals surface area contributed by atoms with Crippen LogP contribution in [0.25, 0.3) is 0 Å². The second-order valence-corrected chi connectivity index (χ2v) is 9.92. The molecule has 0 saturated heterocycles. The Kier molecular flexibility index (Phi) is 20.2. The van der Waals surface area contributed by atoms with Gasteiger partial charge in [-0.05, 0) is 50.0 Å². The summed E-state index contributed by atoms with van der Waals surface area (Å²) >= 11 is 0. The predicted octanol–water partition coefficient (Wildman–Crippen LogP) is 9.11. The van der Waals surface area contributed by atoms with E-state index in [1.54, 1.807) is 0 Å². The van der Waals surface area contributed by atoms with E-state index < -0.39 is 0 Å². The lowest BCUT2D eigenvalue weighted by atomic mass is 9.94. The third-order valence-corrected chi connectivity index (χ3v) is 6.49. The van der Waals surface area contributed by atoms with Crippen LogP contribution in [0.2, 0.25) is 0 Å². The average molecular weight is 396 g/mol. The normalized spacial score (nSPS) is 14.1. The van der Waals surface area contributed by atoms with Gasteiger partial charge in [-0.1, -0.05) is 112 Å². The van der Waals surface area contributed by atoms with Gasteiger partial charge in [0.1, 0.15) is 0 Å². The van der Waals surface area contributed by atoms with Gasteiger partial charge >= 0.3 is 0 Å². The molecule has 0 saturated carbocycles. The zero-order valence-electron chi connectivity index (χ0n) is 20.9. The maximum atomic E-state index is 2.89. The number of hydrogen-bond donors (Lipinski definition) is 0. The molecule has 1 heteroatoms. The van der Waals surface area contributed by atoms with E-state index in [2.05, 4.69) is 46.4 Å². The molecule has 0 aromatic carbocycles. The van der Waals surface area contributed by atoms with Crippen LogP contribution in [-0.4, -0.2) is 24.5 Å². The third kappa shape index (κ3) is 16.9. The Hall–Kier alpha value is -0.0400. The van der Waals surface area contributed by atoms with Crippen LogP contribution in [0.15, 0.2) is 0 Å². The van der Waals surface area contributed by atoms with E-state index in [4.69, 9.17) is 0 Å². The highest BCUT2D eigenvalue weighted by molar-refractivity contribution is 4.71. The summed E-state index contributed by atoms with van der Waals surface area (Å²) in [7, 11) is 0. The molecule has 0 amide bonds. The minimum absolute atomic E-state index is 0.873. The molecule has 0 heterocycles.